The van der Waals surface area contributed by atoms with Gasteiger partial charge in [-0.2, -0.15) is 5.26 Å². The minimum absolute atomic E-state index is 0.0105. The number of hydrogen-bond acceptors (Lipinski definition) is 8. The zero-order valence-corrected chi connectivity index (χ0v) is 16.8. The van der Waals surface area contributed by atoms with Crippen LogP contribution >= 0.6 is 0 Å². The number of nitrogens with one attached hydrogen (secondary N) is 2. The van der Waals surface area contributed by atoms with Crippen LogP contribution in [0.2, 0.25) is 0 Å². The number of rotatable bonds is 6. The second-order valence-corrected chi connectivity index (χ2v) is 8.89. The van der Waals surface area contributed by atoms with Gasteiger partial charge in [-0.1, -0.05) is 6.07 Å². The van der Waals surface area contributed by atoms with Crippen LogP contribution in [0.25, 0.3) is 11.0 Å². The molecule has 0 saturated heterocycles. The number of nitrogens with zero attached hydrogens (tertiary/aromatic N) is 4. The van der Waals surface area contributed by atoms with Gasteiger partial charge in [0.2, 0.25) is 10.0 Å². The normalized spacial score (nSPS) is 18.5. The summed E-state index contributed by atoms with van der Waals surface area (Å²) in [6.45, 7) is 0. The lowest BCUT2D eigenvalue weighted by molar-refractivity contribution is 0.317. The van der Waals surface area contributed by atoms with Crippen molar-refractivity contribution in [1.29, 1.82) is 5.26 Å². The number of nitriles is 1. The summed E-state index contributed by atoms with van der Waals surface area (Å²) >= 11 is 0. The largest absolute Gasteiger partial charge is 0.397 e. The molecular formula is C19H19N7O3S. The van der Waals surface area contributed by atoms with Gasteiger partial charge in [-0.15, -0.1) is 4.91 Å². The first kappa shape index (κ1) is 19.8. The van der Waals surface area contributed by atoms with Gasteiger partial charge in [-0.05, 0) is 36.2 Å². The average molecular weight is 425 g/mol. The number of hydrogen-bond donors (Lipinski definition) is 3. The number of pyridine rings is 1. The molecular weight excluding hydrogens is 406 g/mol. The number of nitrogens with two attached hydrogens (primary N) is 1. The van der Waals surface area contributed by atoms with E-state index in [1.807, 2.05) is 18.0 Å². The van der Waals surface area contributed by atoms with Crippen molar-refractivity contribution >= 4 is 38.1 Å². The Labute approximate surface area is 172 Å². The van der Waals surface area contributed by atoms with Crippen LogP contribution in [-0.2, 0) is 10.0 Å². The molecule has 0 unspecified atom stereocenters. The van der Waals surface area contributed by atoms with E-state index < -0.39 is 10.0 Å². The lowest BCUT2D eigenvalue weighted by atomic mass is 9.86. The van der Waals surface area contributed by atoms with Crippen molar-refractivity contribution in [3.8, 4) is 6.07 Å². The molecule has 1 aromatic carbocycles. The molecule has 154 valence electrons. The van der Waals surface area contributed by atoms with E-state index in [9.17, 15) is 18.6 Å². The van der Waals surface area contributed by atoms with Crippen molar-refractivity contribution < 1.29 is 8.42 Å². The summed E-state index contributed by atoms with van der Waals surface area (Å²) < 4.78 is 28.1. The Balaban J connectivity index is 1.51. The maximum atomic E-state index is 12.7. The van der Waals surface area contributed by atoms with Crippen molar-refractivity contribution in [2.75, 3.05) is 17.7 Å². The van der Waals surface area contributed by atoms with Crippen LogP contribution < -0.4 is 15.4 Å². The van der Waals surface area contributed by atoms with Crippen molar-refractivity contribution in [3.05, 3.63) is 47.1 Å². The van der Waals surface area contributed by atoms with Gasteiger partial charge in [0, 0.05) is 36.9 Å². The maximum absolute atomic E-state index is 12.7. The number of benzene rings is 1. The van der Waals surface area contributed by atoms with E-state index >= 15 is 0 Å². The summed E-state index contributed by atoms with van der Waals surface area (Å²) in [5, 5.41) is 13.1. The fraction of sp³-hybridized carbons (Fsp3) is 0.263. The zero-order chi connectivity index (χ0) is 21.5. The van der Waals surface area contributed by atoms with Gasteiger partial charge in [-0.25, -0.2) is 18.1 Å². The Morgan fingerprint density at radius 3 is 2.83 bits per heavy atom. The van der Waals surface area contributed by atoms with Crippen LogP contribution in [0.15, 0.2) is 46.7 Å². The molecule has 1 fully saturated rings. The average Bonchev–Trinajstić information content (AvgIpc) is 3.17. The molecule has 0 aliphatic heterocycles. The standard InChI is InChI=1S/C19H19N7O3S/c1-26(18-11(9-20)10-23-19-14(18)5-6-22-19)13-7-12(8-13)25-30(28,29)16-4-2-3-15(21)17(16)24-27/h2-6,10,12-13,25H,7-8,21H2,1H3,(H,22,23). The number of nitrogen functional groups attached to an aromatic ring is 1. The van der Waals surface area contributed by atoms with Gasteiger partial charge in [0.15, 0.2) is 5.69 Å². The van der Waals surface area contributed by atoms with Crippen LogP contribution in [0.5, 0.6) is 0 Å². The van der Waals surface area contributed by atoms with Crippen molar-refractivity contribution in [2.45, 2.75) is 29.8 Å². The molecule has 30 heavy (non-hydrogen) atoms. The molecule has 2 aromatic heterocycles. The number of H-pyrrole nitrogens is 1. The molecule has 0 bridgehead atoms. The first-order chi connectivity index (χ1) is 14.4. The van der Waals surface area contributed by atoms with E-state index in [0.29, 0.717) is 24.1 Å². The SMILES string of the molecule is CN(c1c(C#N)cnc2[nH]ccc12)C1CC(NS(=O)(=O)c2cccc(N)c2N=O)C1. The quantitative estimate of drug-likeness (QED) is 0.404. The van der Waals surface area contributed by atoms with Gasteiger partial charge >= 0.3 is 0 Å². The molecule has 1 saturated carbocycles. The monoisotopic (exact) mass is 425 g/mol. The van der Waals surface area contributed by atoms with Crippen LogP contribution in [0.4, 0.5) is 17.1 Å². The van der Waals surface area contributed by atoms with E-state index in [4.69, 9.17) is 5.73 Å². The van der Waals surface area contributed by atoms with Gasteiger partial charge in [0.1, 0.15) is 16.6 Å². The topological polar surface area (TPSA) is 157 Å². The van der Waals surface area contributed by atoms with E-state index in [2.05, 4.69) is 25.9 Å². The van der Waals surface area contributed by atoms with Gasteiger partial charge in [0.25, 0.3) is 0 Å². The van der Waals surface area contributed by atoms with Crippen molar-refractivity contribution in [3.63, 3.8) is 0 Å². The summed E-state index contributed by atoms with van der Waals surface area (Å²) in [7, 11) is -2.07. The van der Waals surface area contributed by atoms with Crippen molar-refractivity contribution in [1.82, 2.24) is 14.7 Å². The minimum atomic E-state index is -3.95. The number of sulfonamides is 1. The van der Waals surface area contributed by atoms with Crippen LogP contribution in [-0.4, -0.2) is 37.5 Å². The highest BCUT2D eigenvalue weighted by Gasteiger charge is 2.37. The Morgan fingerprint density at radius 1 is 1.37 bits per heavy atom. The maximum Gasteiger partial charge on any atom is 0.243 e. The highest BCUT2D eigenvalue weighted by molar-refractivity contribution is 7.89. The summed E-state index contributed by atoms with van der Waals surface area (Å²) in [6.07, 6.45) is 4.37. The van der Waals surface area contributed by atoms with Crippen LogP contribution in [0.1, 0.15) is 18.4 Å². The smallest absolute Gasteiger partial charge is 0.243 e. The molecule has 0 radical (unpaired) electrons. The minimum Gasteiger partial charge on any atom is -0.397 e. The summed E-state index contributed by atoms with van der Waals surface area (Å²) in [6, 6.07) is 7.95. The number of aromatic nitrogens is 2. The van der Waals surface area contributed by atoms with Crippen LogP contribution in [0.3, 0.4) is 0 Å². The number of fused-ring (bicyclic) bond motifs is 1. The van der Waals surface area contributed by atoms with Gasteiger partial charge < -0.3 is 15.6 Å². The zero-order valence-electron chi connectivity index (χ0n) is 16.0. The fourth-order valence-corrected chi connectivity index (χ4v) is 5.20. The Hall–Kier alpha value is -3.49. The molecule has 10 nitrogen and oxygen atoms in total. The number of anilines is 2. The lowest BCUT2D eigenvalue weighted by Crippen LogP contribution is -2.53. The molecule has 1 aliphatic carbocycles. The number of nitroso groups, excluding NO2 is 1. The Bertz CT molecular complexity index is 1270. The first-order valence-electron chi connectivity index (χ1n) is 9.19. The van der Waals surface area contributed by atoms with E-state index in [1.165, 1.54) is 24.4 Å². The third-order valence-electron chi connectivity index (χ3n) is 5.43. The van der Waals surface area contributed by atoms with Gasteiger partial charge in [0.05, 0.1) is 16.9 Å². The summed E-state index contributed by atoms with van der Waals surface area (Å²) in [5.74, 6) is 0. The Kier molecular flexibility index (Phi) is 4.89. The number of aromatic amines is 1. The van der Waals surface area contributed by atoms with Gasteiger partial charge in [-0.3, -0.25) is 0 Å². The summed E-state index contributed by atoms with van der Waals surface area (Å²) in [4.78, 5) is 20.1. The first-order valence-corrected chi connectivity index (χ1v) is 10.7. The third kappa shape index (κ3) is 3.26. The van der Waals surface area contributed by atoms with E-state index in [0.717, 1.165) is 11.1 Å². The molecule has 0 atom stereocenters. The third-order valence-corrected chi connectivity index (χ3v) is 6.98. The Morgan fingerprint density at radius 2 is 2.13 bits per heavy atom. The fourth-order valence-electron chi connectivity index (χ4n) is 3.78. The highest BCUT2D eigenvalue weighted by Crippen LogP contribution is 2.36. The van der Waals surface area contributed by atoms with Crippen LogP contribution in [0, 0.1) is 16.2 Å². The molecule has 0 spiro atoms. The van der Waals surface area contributed by atoms with E-state index in [-0.39, 0.29) is 28.4 Å². The molecule has 11 heteroatoms. The lowest BCUT2D eigenvalue weighted by Gasteiger charge is -2.42. The molecule has 2 heterocycles. The molecule has 4 N–H and O–H groups in total. The van der Waals surface area contributed by atoms with E-state index in [1.54, 1.807) is 6.20 Å². The molecule has 4 rings (SSSR count). The second kappa shape index (κ2) is 7.40. The molecule has 0 amide bonds. The van der Waals surface area contributed by atoms with Crippen molar-refractivity contribution in [2.24, 2.45) is 5.18 Å². The predicted octanol–water partition coefficient (Wildman–Crippen LogP) is 2.36. The highest BCUT2D eigenvalue weighted by atomic mass is 32.2. The molecule has 3 aromatic rings. The second-order valence-electron chi connectivity index (χ2n) is 7.21. The molecule has 1 aliphatic rings. The summed E-state index contributed by atoms with van der Waals surface area (Å²) in [5.41, 5.74) is 7.29. The predicted molar refractivity (Wildman–Crippen MR) is 113 cm³/mol.